The minimum atomic E-state index is -0.487. The second-order valence-corrected chi connectivity index (χ2v) is 10.0. The Labute approximate surface area is 241 Å². The first kappa shape index (κ1) is 25.4. The van der Waals surface area contributed by atoms with E-state index in [2.05, 4.69) is 10.1 Å². The Morgan fingerprint density at radius 1 is 1.00 bits per heavy atom. The van der Waals surface area contributed by atoms with Gasteiger partial charge in [0.1, 0.15) is 17.6 Å². The molecule has 0 aliphatic carbocycles. The van der Waals surface area contributed by atoms with Crippen molar-refractivity contribution in [3.8, 4) is 17.4 Å². The number of nitro groups is 1. The Bertz CT molecular complexity index is 2280. The van der Waals surface area contributed by atoms with Gasteiger partial charge in [0.05, 0.1) is 27.6 Å². The fourth-order valence-electron chi connectivity index (χ4n) is 5.10. The van der Waals surface area contributed by atoms with Crippen LogP contribution in [0.4, 0.5) is 5.69 Å². The summed E-state index contributed by atoms with van der Waals surface area (Å²) in [5.41, 5.74) is 3.01. The smallest absolute Gasteiger partial charge is 0.287 e. The van der Waals surface area contributed by atoms with E-state index >= 15 is 0 Å². The van der Waals surface area contributed by atoms with Crippen LogP contribution in [0.1, 0.15) is 11.3 Å². The lowest BCUT2D eigenvalue weighted by molar-refractivity contribution is -0.385. The zero-order valence-corrected chi connectivity index (χ0v) is 22.7. The van der Waals surface area contributed by atoms with Crippen LogP contribution in [0.3, 0.4) is 0 Å². The van der Waals surface area contributed by atoms with Gasteiger partial charge in [-0.05, 0) is 55.5 Å². The first-order valence-corrected chi connectivity index (χ1v) is 13.2. The molecule has 0 saturated carbocycles. The van der Waals surface area contributed by atoms with Gasteiger partial charge in [-0.1, -0.05) is 41.9 Å². The van der Waals surface area contributed by atoms with Crippen molar-refractivity contribution in [2.24, 2.45) is 5.10 Å². The van der Waals surface area contributed by atoms with Crippen LogP contribution in [0, 0.1) is 17.0 Å². The molecule has 0 saturated heterocycles. The van der Waals surface area contributed by atoms with E-state index in [0.29, 0.717) is 33.1 Å². The molecule has 0 aliphatic heterocycles. The summed E-state index contributed by atoms with van der Waals surface area (Å²) in [4.78, 5) is 33.5. The molecule has 10 nitrogen and oxygen atoms in total. The molecule has 0 bridgehead atoms. The maximum Gasteiger partial charge on any atom is 0.287 e. The average Bonchev–Trinajstić information content (AvgIpc) is 3.54. The van der Waals surface area contributed by atoms with Crippen molar-refractivity contribution in [3.63, 3.8) is 0 Å². The first-order chi connectivity index (χ1) is 20.4. The summed E-state index contributed by atoms with van der Waals surface area (Å²) in [6.45, 7) is 1.90. The number of hydrogen-bond donors (Lipinski definition) is 0. The van der Waals surface area contributed by atoms with Crippen molar-refractivity contribution in [2.75, 3.05) is 0 Å². The highest BCUT2D eigenvalue weighted by atomic mass is 35.5. The summed E-state index contributed by atoms with van der Waals surface area (Å²) in [5.74, 6) is 1.11. The van der Waals surface area contributed by atoms with Crippen molar-refractivity contribution in [3.05, 3.63) is 128 Å². The second-order valence-electron chi connectivity index (χ2n) is 9.59. The molecule has 3 aromatic carbocycles. The number of fused-ring (bicyclic) bond motifs is 3. The Morgan fingerprint density at radius 3 is 2.57 bits per heavy atom. The Hall–Kier alpha value is -5.61. The minimum absolute atomic E-state index is 0.0989. The molecule has 204 valence electrons. The number of pyridine rings is 1. The molecule has 7 rings (SSSR count). The van der Waals surface area contributed by atoms with Crippen LogP contribution >= 0.6 is 11.6 Å². The largest absolute Gasteiger partial charge is 0.453 e. The summed E-state index contributed by atoms with van der Waals surface area (Å²) in [7, 11) is 0. The van der Waals surface area contributed by atoms with Gasteiger partial charge in [0.25, 0.3) is 11.2 Å². The molecule has 0 spiro atoms. The van der Waals surface area contributed by atoms with E-state index in [1.807, 2.05) is 41.8 Å². The first-order valence-electron chi connectivity index (χ1n) is 12.9. The molecule has 11 heteroatoms. The molecule has 7 aromatic rings. The maximum absolute atomic E-state index is 13.8. The highest BCUT2D eigenvalue weighted by Crippen LogP contribution is 2.30. The van der Waals surface area contributed by atoms with Crippen molar-refractivity contribution < 1.29 is 9.34 Å². The molecule has 0 amide bonds. The summed E-state index contributed by atoms with van der Waals surface area (Å²) < 4.78 is 9.20. The van der Waals surface area contributed by atoms with Gasteiger partial charge in [-0.2, -0.15) is 9.78 Å². The van der Waals surface area contributed by atoms with E-state index in [4.69, 9.17) is 21.0 Å². The molecular formula is C31H19ClN6O4. The fraction of sp³-hybridized carbons (Fsp3) is 0.0323. The number of nitrogens with zero attached hydrogens (tertiary/aromatic N) is 6. The molecule has 4 aromatic heterocycles. The van der Waals surface area contributed by atoms with Crippen molar-refractivity contribution in [2.45, 2.75) is 6.92 Å². The Morgan fingerprint density at radius 2 is 1.79 bits per heavy atom. The van der Waals surface area contributed by atoms with Gasteiger partial charge in [0, 0.05) is 33.1 Å². The number of aromatic nitrogens is 4. The van der Waals surface area contributed by atoms with Crippen LogP contribution in [0.2, 0.25) is 5.02 Å². The quantitative estimate of drug-likeness (QED) is 0.125. The molecule has 0 radical (unpaired) electrons. The number of benzene rings is 3. The zero-order chi connectivity index (χ0) is 29.0. The third kappa shape index (κ3) is 4.13. The fourth-order valence-corrected chi connectivity index (χ4v) is 5.28. The van der Waals surface area contributed by atoms with Gasteiger partial charge >= 0.3 is 0 Å². The molecule has 0 atom stereocenters. The van der Waals surface area contributed by atoms with Gasteiger partial charge in [0.2, 0.25) is 5.82 Å². The standard InChI is InChI=1S/C31H19ClN6O4/c1-18-24(22-6-3-5-9-26(22)36(18)29-13-11-21(16-33-29)38(40)41)17-34-37-30(35-25-8-4-2-7-23(25)31(37)39)28-15-19-14-20(32)10-12-27(19)42-28/h2-17H,1H3. The summed E-state index contributed by atoms with van der Waals surface area (Å²) in [6, 6.07) is 24.8. The molecule has 0 N–H and O–H groups in total. The van der Waals surface area contributed by atoms with Crippen molar-refractivity contribution in [1.82, 2.24) is 19.2 Å². The highest BCUT2D eigenvalue weighted by Gasteiger charge is 2.19. The molecule has 0 aliphatic rings. The molecular weight excluding hydrogens is 556 g/mol. The predicted molar refractivity (Wildman–Crippen MR) is 162 cm³/mol. The predicted octanol–water partition coefficient (Wildman–Crippen LogP) is 6.90. The van der Waals surface area contributed by atoms with Gasteiger partial charge in [-0.15, -0.1) is 0 Å². The van der Waals surface area contributed by atoms with Crippen molar-refractivity contribution >= 4 is 56.3 Å². The van der Waals surface area contributed by atoms with E-state index in [-0.39, 0.29) is 17.1 Å². The second kappa shape index (κ2) is 9.79. The minimum Gasteiger partial charge on any atom is -0.453 e. The van der Waals surface area contributed by atoms with E-state index in [9.17, 15) is 14.9 Å². The van der Waals surface area contributed by atoms with E-state index in [1.54, 1.807) is 54.7 Å². The summed E-state index contributed by atoms with van der Waals surface area (Å²) >= 11 is 6.18. The van der Waals surface area contributed by atoms with Crippen molar-refractivity contribution in [1.29, 1.82) is 0 Å². The SMILES string of the molecule is Cc1c(C=Nn2c(-c3cc4cc(Cl)ccc4o3)nc3ccccc3c2=O)c2ccccc2n1-c1ccc([N+](=O)[O-])cn1. The lowest BCUT2D eigenvalue weighted by atomic mass is 10.1. The van der Waals surface area contributed by atoms with Crippen LogP contribution in [0.25, 0.3) is 50.2 Å². The zero-order valence-electron chi connectivity index (χ0n) is 21.9. The number of halogens is 1. The van der Waals surface area contributed by atoms with E-state index in [0.717, 1.165) is 27.5 Å². The normalized spacial score (nSPS) is 11.8. The van der Waals surface area contributed by atoms with E-state index < -0.39 is 4.92 Å². The van der Waals surface area contributed by atoms with Gasteiger partial charge in [-0.25, -0.2) is 9.97 Å². The highest BCUT2D eigenvalue weighted by molar-refractivity contribution is 6.31. The van der Waals surface area contributed by atoms with Crippen LogP contribution < -0.4 is 5.56 Å². The van der Waals surface area contributed by atoms with Gasteiger partial charge in [-0.3, -0.25) is 19.5 Å². The molecule has 4 heterocycles. The van der Waals surface area contributed by atoms with Crippen LogP contribution in [-0.4, -0.2) is 30.3 Å². The van der Waals surface area contributed by atoms with Crippen LogP contribution in [0.5, 0.6) is 0 Å². The number of para-hydroxylation sites is 2. The summed E-state index contributed by atoms with van der Waals surface area (Å²) in [5, 5.41) is 18.4. The summed E-state index contributed by atoms with van der Waals surface area (Å²) in [6.07, 6.45) is 2.84. The van der Waals surface area contributed by atoms with Gasteiger partial charge < -0.3 is 4.42 Å². The number of hydrogen-bond acceptors (Lipinski definition) is 7. The van der Waals surface area contributed by atoms with E-state index in [1.165, 1.54) is 16.9 Å². The molecule has 0 fully saturated rings. The monoisotopic (exact) mass is 574 g/mol. The number of furan rings is 1. The molecule has 0 unspecified atom stereocenters. The van der Waals surface area contributed by atoms with Crippen LogP contribution in [-0.2, 0) is 0 Å². The topological polar surface area (TPSA) is 121 Å². The Kier molecular flexibility index (Phi) is 5.91. The lowest BCUT2D eigenvalue weighted by Gasteiger charge is -2.08. The maximum atomic E-state index is 13.8. The van der Waals surface area contributed by atoms with Gasteiger partial charge in [0.15, 0.2) is 5.76 Å². The average molecular weight is 575 g/mol. The Balaban J connectivity index is 1.42. The number of rotatable bonds is 5. The third-order valence-corrected chi connectivity index (χ3v) is 7.32. The lowest BCUT2D eigenvalue weighted by Crippen LogP contribution is -2.20. The van der Waals surface area contributed by atoms with Crippen LogP contribution in [0.15, 0.2) is 105 Å². The third-order valence-electron chi connectivity index (χ3n) is 7.09. The molecule has 42 heavy (non-hydrogen) atoms.